The van der Waals surface area contributed by atoms with Crippen molar-refractivity contribution in [3.05, 3.63) is 42.0 Å². The molecule has 0 aliphatic carbocycles. The molecule has 0 aliphatic heterocycles. The number of methoxy groups -OCH3 is 1. The fraction of sp³-hybridized carbons (Fsp3) is 0.182. The van der Waals surface area contributed by atoms with Gasteiger partial charge in [-0.3, -0.25) is 0 Å². The molecule has 2 rings (SSSR count). The van der Waals surface area contributed by atoms with Crippen molar-refractivity contribution in [2.24, 2.45) is 0 Å². The first kappa shape index (κ1) is 11.0. The van der Waals surface area contributed by atoms with Gasteiger partial charge in [-0.1, -0.05) is 0 Å². The molecule has 16 heavy (non-hydrogen) atoms. The van der Waals surface area contributed by atoms with Crippen molar-refractivity contribution in [2.45, 2.75) is 5.88 Å². The second-order valence-corrected chi connectivity index (χ2v) is 3.54. The summed E-state index contributed by atoms with van der Waals surface area (Å²) >= 11 is 5.67. The van der Waals surface area contributed by atoms with Gasteiger partial charge >= 0.3 is 0 Å². The predicted molar refractivity (Wildman–Crippen MR) is 59.6 cm³/mol. The molecule has 0 radical (unpaired) electrons. The van der Waals surface area contributed by atoms with E-state index in [0.717, 1.165) is 5.56 Å². The molecule has 0 spiro atoms. The lowest BCUT2D eigenvalue weighted by molar-refractivity contribution is 0.411. The van der Waals surface area contributed by atoms with Crippen LogP contribution in [-0.4, -0.2) is 16.9 Å². The molecule has 0 bridgehead atoms. The topological polar surface area (TPSA) is 27.1 Å². The van der Waals surface area contributed by atoms with Crippen LogP contribution in [0.15, 0.2) is 30.6 Å². The Morgan fingerprint density at radius 3 is 2.88 bits per heavy atom. The first-order valence-corrected chi connectivity index (χ1v) is 5.21. The molecule has 0 amide bonds. The minimum absolute atomic E-state index is 0.364. The predicted octanol–water partition coefficient (Wildman–Crippen LogP) is 2.76. The van der Waals surface area contributed by atoms with Crippen molar-refractivity contribution in [3.8, 4) is 11.4 Å². The Labute approximate surface area is 97.4 Å². The average molecular weight is 241 g/mol. The van der Waals surface area contributed by atoms with Gasteiger partial charge in [0.1, 0.15) is 11.6 Å². The number of rotatable bonds is 3. The third kappa shape index (κ3) is 2.17. The van der Waals surface area contributed by atoms with Gasteiger partial charge in [-0.05, 0) is 6.07 Å². The molecule has 0 fully saturated rings. The van der Waals surface area contributed by atoms with E-state index >= 15 is 0 Å². The van der Waals surface area contributed by atoms with Crippen LogP contribution in [0, 0.1) is 5.82 Å². The van der Waals surface area contributed by atoms with Crippen LogP contribution in [0.25, 0.3) is 5.69 Å². The van der Waals surface area contributed by atoms with Gasteiger partial charge in [-0.25, -0.2) is 9.07 Å². The Kier molecular flexibility index (Phi) is 3.10. The Morgan fingerprint density at radius 1 is 1.44 bits per heavy atom. The maximum Gasteiger partial charge on any atom is 0.129 e. The molecule has 0 saturated heterocycles. The number of hydrogen-bond acceptors (Lipinski definition) is 2. The normalized spacial score (nSPS) is 10.4. The molecule has 0 N–H and O–H groups in total. The SMILES string of the molecule is COc1cc(F)cc(-n2cc(CCl)cn2)c1. The number of aromatic nitrogens is 2. The highest BCUT2D eigenvalue weighted by Crippen LogP contribution is 2.19. The summed E-state index contributed by atoms with van der Waals surface area (Å²) in [5.41, 5.74) is 1.48. The number of hydrogen-bond donors (Lipinski definition) is 0. The summed E-state index contributed by atoms with van der Waals surface area (Å²) in [6.45, 7) is 0. The Bertz CT molecular complexity index is 498. The largest absolute Gasteiger partial charge is 0.497 e. The third-order valence-electron chi connectivity index (χ3n) is 2.15. The third-order valence-corrected chi connectivity index (χ3v) is 2.46. The Hall–Kier alpha value is -1.55. The summed E-state index contributed by atoms with van der Waals surface area (Å²) in [6, 6.07) is 4.40. The van der Waals surface area contributed by atoms with Gasteiger partial charge in [0.2, 0.25) is 0 Å². The van der Waals surface area contributed by atoms with E-state index < -0.39 is 0 Å². The first-order valence-electron chi connectivity index (χ1n) is 4.67. The van der Waals surface area contributed by atoms with Crippen molar-refractivity contribution in [1.82, 2.24) is 9.78 Å². The van der Waals surface area contributed by atoms with E-state index in [4.69, 9.17) is 16.3 Å². The van der Waals surface area contributed by atoms with Crippen LogP contribution in [0.2, 0.25) is 0 Å². The van der Waals surface area contributed by atoms with Gasteiger partial charge < -0.3 is 4.74 Å². The molecule has 0 aliphatic rings. The van der Waals surface area contributed by atoms with Crippen LogP contribution in [0.4, 0.5) is 4.39 Å². The number of benzene rings is 1. The zero-order valence-electron chi connectivity index (χ0n) is 8.65. The van der Waals surface area contributed by atoms with Crippen LogP contribution in [0.1, 0.15) is 5.56 Å². The van der Waals surface area contributed by atoms with Crippen LogP contribution in [0.5, 0.6) is 5.75 Å². The standard InChI is InChI=1S/C11H10ClFN2O/c1-16-11-3-9(13)2-10(4-11)15-7-8(5-12)6-14-15/h2-4,6-7H,5H2,1H3. The second-order valence-electron chi connectivity index (χ2n) is 3.28. The van der Waals surface area contributed by atoms with Gasteiger partial charge in [0.25, 0.3) is 0 Å². The second kappa shape index (κ2) is 4.53. The molecular formula is C11H10ClFN2O. The molecule has 1 heterocycles. The van der Waals surface area contributed by atoms with Crippen molar-refractivity contribution in [3.63, 3.8) is 0 Å². The maximum atomic E-state index is 13.2. The lowest BCUT2D eigenvalue weighted by Crippen LogP contribution is -1.96. The number of nitrogens with zero attached hydrogens (tertiary/aromatic N) is 2. The van der Waals surface area contributed by atoms with Crippen LogP contribution in [-0.2, 0) is 5.88 Å². The van der Waals surface area contributed by atoms with Crippen LogP contribution < -0.4 is 4.74 Å². The monoisotopic (exact) mass is 240 g/mol. The minimum atomic E-state index is -0.364. The smallest absolute Gasteiger partial charge is 0.129 e. The summed E-state index contributed by atoms with van der Waals surface area (Å²) in [7, 11) is 1.49. The first-order chi connectivity index (χ1) is 7.72. The molecule has 0 unspecified atom stereocenters. The summed E-state index contributed by atoms with van der Waals surface area (Å²) < 4.78 is 19.8. The summed E-state index contributed by atoms with van der Waals surface area (Å²) in [5.74, 6) is 0.474. The van der Waals surface area contributed by atoms with Crippen LogP contribution in [0.3, 0.4) is 0 Å². The van der Waals surface area contributed by atoms with E-state index in [0.29, 0.717) is 17.3 Å². The molecule has 0 saturated carbocycles. The molecular weight excluding hydrogens is 231 g/mol. The molecule has 1 aromatic carbocycles. The fourth-order valence-electron chi connectivity index (χ4n) is 1.37. The van der Waals surface area contributed by atoms with Gasteiger partial charge in [0.05, 0.1) is 24.9 Å². The number of ether oxygens (including phenoxy) is 1. The zero-order chi connectivity index (χ0) is 11.5. The molecule has 1 aromatic heterocycles. The van der Waals surface area contributed by atoms with E-state index in [9.17, 15) is 4.39 Å². The highest BCUT2D eigenvalue weighted by molar-refractivity contribution is 6.17. The lowest BCUT2D eigenvalue weighted by Gasteiger charge is -2.05. The summed E-state index contributed by atoms with van der Waals surface area (Å²) in [6.07, 6.45) is 3.39. The van der Waals surface area contributed by atoms with E-state index in [1.54, 1.807) is 23.1 Å². The number of alkyl halides is 1. The van der Waals surface area contributed by atoms with Crippen molar-refractivity contribution >= 4 is 11.6 Å². The Morgan fingerprint density at radius 2 is 2.25 bits per heavy atom. The average Bonchev–Trinajstić information content (AvgIpc) is 2.76. The molecule has 5 heteroatoms. The van der Waals surface area contributed by atoms with E-state index in [1.807, 2.05) is 0 Å². The van der Waals surface area contributed by atoms with Crippen molar-refractivity contribution < 1.29 is 9.13 Å². The molecule has 2 aromatic rings. The van der Waals surface area contributed by atoms with E-state index in [2.05, 4.69) is 5.10 Å². The fourth-order valence-corrected chi connectivity index (χ4v) is 1.51. The highest BCUT2D eigenvalue weighted by Gasteiger charge is 2.04. The van der Waals surface area contributed by atoms with Crippen molar-refractivity contribution in [1.29, 1.82) is 0 Å². The summed E-state index contributed by atoms with van der Waals surface area (Å²) in [4.78, 5) is 0. The lowest BCUT2D eigenvalue weighted by atomic mass is 10.3. The summed E-state index contributed by atoms with van der Waals surface area (Å²) in [5, 5.41) is 4.08. The van der Waals surface area contributed by atoms with Gasteiger partial charge in [0, 0.05) is 23.9 Å². The van der Waals surface area contributed by atoms with Gasteiger partial charge in [-0.2, -0.15) is 5.10 Å². The maximum absolute atomic E-state index is 13.2. The molecule has 0 atom stereocenters. The minimum Gasteiger partial charge on any atom is -0.497 e. The molecule has 84 valence electrons. The zero-order valence-corrected chi connectivity index (χ0v) is 9.41. The van der Waals surface area contributed by atoms with Crippen molar-refractivity contribution in [2.75, 3.05) is 7.11 Å². The molecule has 3 nitrogen and oxygen atoms in total. The van der Waals surface area contributed by atoms with Gasteiger partial charge in [0.15, 0.2) is 0 Å². The van der Waals surface area contributed by atoms with E-state index in [1.165, 1.54) is 19.2 Å². The highest BCUT2D eigenvalue weighted by atomic mass is 35.5. The number of halogens is 2. The van der Waals surface area contributed by atoms with Gasteiger partial charge in [-0.15, -0.1) is 11.6 Å². The van der Waals surface area contributed by atoms with Crippen LogP contribution >= 0.6 is 11.6 Å². The Balaban J connectivity index is 2.42. The quantitative estimate of drug-likeness (QED) is 0.772. The van der Waals surface area contributed by atoms with E-state index in [-0.39, 0.29) is 5.82 Å².